The van der Waals surface area contributed by atoms with Crippen LogP contribution in [0.4, 0.5) is 52.7 Å². The minimum absolute atomic E-state index is 0.0776. The molecule has 38 heavy (non-hydrogen) atoms. The third-order valence-electron chi connectivity index (χ3n) is 7.08. The van der Waals surface area contributed by atoms with Crippen LogP contribution in [-0.2, 0) is 9.53 Å². The molecule has 0 amide bonds. The second-order valence-corrected chi connectivity index (χ2v) is 13.2. The molecule has 1 rings (SSSR count). The SMILES string of the molecule is CC(C)CC(C)(C(=O)OC1CC(C(O)(C(F)(F)F)C(F)(F)F)CC(C(O)(C(F)(F)F)C(F)(F)F)C1)P(C)C. The topological polar surface area (TPSA) is 66.8 Å². The second kappa shape index (κ2) is 10.8. The fourth-order valence-corrected chi connectivity index (χ4v) is 5.96. The fourth-order valence-electron chi connectivity index (χ4n) is 4.81. The van der Waals surface area contributed by atoms with Crippen LogP contribution in [0.2, 0.25) is 0 Å². The van der Waals surface area contributed by atoms with Gasteiger partial charge in [-0.05, 0) is 51.9 Å². The van der Waals surface area contributed by atoms with Crippen LogP contribution in [0.5, 0.6) is 0 Å². The molecule has 4 nitrogen and oxygen atoms in total. The average Bonchev–Trinajstić information content (AvgIpc) is 2.67. The van der Waals surface area contributed by atoms with E-state index in [4.69, 9.17) is 4.74 Å². The minimum Gasteiger partial charge on any atom is -0.462 e. The first-order valence-electron chi connectivity index (χ1n) is 11.2. The predicted octanol–water partition coefficient (Wildman–Crippen LogP) is 6.57. The largest absolute Gasteiger partial charge is 0.462 e. The molecule has 3 atom stereocenters. The zero-order valence-corrected chi connectivity index (χ0v) is 21.7. The van der Waals surface area contributed by atoms with Gasteiger partial charge in [0.2, 0.25) is 0 Å². The summed E-state index contributed by atoms with van der Waals surface area (Å²) in [6, 6.07) is 0. The van der Waals surface area contributed by atoms with E-state index < -0.39 is 92.2 Å². The summed E-state index contributed by atoms with van der Waals surface area (Å²) in [5, 5.41) is 18.2. The molecule has 226 valence electrons. The molecular formula is C21H29F12O4P. The summed E-state index contributed by atoms with van der Waals surface area (Å²) in [5.74, 6) is -8.20. The number of hydrogen-bond acceptors (Lipinski definition) is 4. The summed E-state index contributed by atoms with van der Waals surface area (Å²) in [5.41, 5.74) is -11.5. The summed E-state index contributed by atoms with van der Waals surface area (Å²) < 4.78 is 167. The number of ether oxygens (including phenoxy) is 1. The Morgan fingerprint density at radius 3 is 1.32 bits per heavy atom. The lowest BCUT2D eigenvalue weighted by Gasteiger charge is -2.48. The van der Waals surface area contributed by atoms with Crippen molar-refractivity contribution >= 4 is 13.9 Å². The Balaban J connectivity index is 3.73. The van der Waals surface area contributed by atoms with Gasteiger partial charge >= 0.3 is 30.7 Å². The van der Waals surface area contributed by atoms with Crippen LogP contribution in [-0.4, -0.2) is 76.7 Å². The smallest absolute Gasteiger partial charge is 0.426 e. The highest BCUT2D eigenvalue weighted by Gasteiger charge is 2.78. The molecule has 0 aromatic carbocycles. The number of carbonyl (C=O) groups is 1. The Hall–Kier alpha value is -1.02. The summed E-state index contributed by atoms with van der Waals surface area (Å²) in [6.07, 6.45) is -33.9. The van der Waals surface area contributed by atoms with Crippen molar-refractivity contribution in [3.8, 4) is 0 Å². The number of rotatable bonds is 7. The van der Waals surface area contributed by atoms with E-state index in [1.165, 1.54) is 6.92 Å². The average molecular weight is 604 g/mol. The van der Waals surface area contributed by atoms with Crippen LogP contribution >= 0.6 is 7.92 Å². The molecule has 1 aliphatic carbocycles. The number of halogens is 12. The van der Waals surface area contributed by atoms with E-state index in [-0.39, 0.29) is 12.3 Å². The highest BCUT2D eigenvalue weighted by Crippen LogP contribution is 2.58. The van der Waals surface area contributed by atoms with Gasteiger partial charge in [-0.1, -0.05) is 21.8 Å². The monoisotopic (exact) mass is 604 g/mol. The number of aliphatic hydroxyl groups is 2. The molecule has 3 unspecified atom stereocenters. The van der Waals surface area contributed by atoms with Crippen molar-refractivity contribution in [2.45, 2.75) is 93.6 Å². The molecule has 0 spiro atoms. The molecule has 0 aromatic rings. The molecule has 1 saturated carbocycles. The van der Waals surface area contributed by atoms with Gasteiger partial charge in [-0.15, -0.1) is 0 Å². The van der Waals surface area contributed by atoms with Crippen molar-refractivity contribution < 1.29 is 72.4 Å². The number of esters is 1. The van der Waals surface area contributed by atoms with E-state index in [0.717, 1.165) is 0 Å². The van der Waals surface area contributed by atoms with E-state index in [0.29, 0.717) is 0 Å². The Morgan fingerprint density at radius 2 is 1.08 bits per heavy atom. The first-order valence-corrected chi connectivity index (χ1v) is 13.4. The zero-order valence-electron chi connectivity index (χ0n) is 20.8. The third-order valence-corrected chi connectivity index (χ3v) is 9.42. The molecule has 0 heterocycles. The Kier molecular flexibility index (Phi) is 9.91. The maximum Gasteiger partial charge on any atom is 0.426 e. The van der Waals surface area contributed by atoms with Crippen LogP contribution in [0.1, 0.15) is 46.5 Å². The number of hydrogen-bond donors (Lipinski definition) is 2. The minimum atomic E-state index is -6.59. The van der Waals surface area contributed by atoms with Crippen LogP contribution in [0.25, 0.3) is 0 Å². The lowest BCUT2D eigenvalue weighted by atomic mass is 9.65. The molecule has 1 fully saturated rings. The molecule has 0 radical (unpaired) electrons. The van der Waals surface area contributed by atoms with Crippen molar-refractivity contribution in [1.29, 1.82) is 0 Å². The first-order chi connectivity index (χ1) is 16.6. The highest BCUT2D eigenvalue weighted by atomic mass is 31.1. The van der Waals surface area contributed by atoms with Crippen molar-refractivity contribution in [3.63, 3.8) is 0 Å². The summed E-state index contributed by atoms with van der Waals surface area (Å²) in [6.45, 7) is 7.82. The van der Waals surface area contributed by atoms with Gasteiger partial charge < -0.3 is 14.9 Å². The highest BCUT2D eigenvalue weighted by molar-refractivity contribution is 7.58. The van der Waals surface area contributed by atoms with Gasteiger partial charge in [0.25, 0.3) is 11.2 Å². The summed E-state index contributed by atoms with van der Waals surface area (Å²) in [7, 11) is -1.28. The van der Waals surface area contributed by atoms with Gasteiger partial charge in [0.1, 0.15) is 6.10 Å². The van der Waals surface area contributed by atoms with Gasteiger partial charge in [0, 0.05) is 11.8 Å². The molecule has 0 bridgehead atoms. The summed E-state index contributed by atoms with van der Waals surface area (Å²) >= 11 is 0. The lowest BCUT2D eigenvalue weighted by Crippen LogP contribution is -2.67. The van der Waals surface area contributed by atoms with Crippen molar-refractivity contribution in [2.75, 3.05) is 13.3 Å². The van der Waals surface area contributed by atoms with Crippen LogP contribution in [0.3, 0.4) is 0 Å². The third kappa shape index (κ3) is 6.31. The first kappa shape index (κ1) is 35.0. The van der Waals surface area contributed by atoms with Gasteiger partial charge in [-0.3, -0.25) is 4.79 Å². The number of alkyl halides is 12. The van der Waals surface area contributed by atoms with Crippen LogP contribution < -0.4 is 0 Å². The van der Waals surface area contributed by atoms with Gasteiger partial charge in [0.05, 0.1) is 5.16 Å². The lowest BCUT2D eigenvalue weighted by molar-refractivity contribution is -0.405. The van der Waals surface area contributed by atoms with Crippen molar-refractivity contribution in [1.82, 2.24) is 0 Å². The Labute approximate surface area is 211 Å². The molecule has 0 aromatic heterocycles. The standard InChI is InChI=1S/C21H29F12O4P/c1-10(2)9-15(3,38(4)5)14(34)37-13-7-11(16(35,18(22,23)24)19(25,26)27)6-12(8-13)17(36,20(28,29)30)21(31,32)33/h10-13,35-36H,6-9H2,1-5H3. The quantitative estimate of drug-likeness (QED) is 0.196. The summed E-state index contributed by atoms with van der Waals surface area (Å²) in [4.78, 5) is 13.0. The van der Waals surface area contributed by atoms with Gasteiger partial charge in [-0.25, -0.2) is 0 Å². The van der Waals surface area contributed by atoms with E-state index >= 15 is 0 Å². The van der Waals surface area contributed by atoms with Crippen LogP contribution in [0, 0.1) is 17.8 Å². The molecule has 1 aliphatic rings. The van der Waals surface area contributed by atoms with Crippen molar-refractivity contribution in [2.24, 2.45) is 17.8 Å². The molecule has 2 N–H and O–H groups in total. The van der Waals surface area contributed by atoms with E-state index in [1.54, 1.807) is 27.2 Å². The Morgan fingerprint density at radius 1 is 0.763 bits per heavy atom. The fraction of sp³-hybridized carbons (Fsp3) is 0.952. The van der Waals surface area contributed by atoms with Gasteiger partial charge in [-0.2, -0.15) is 52.7 Å². The molecular weight excluding hydrogens is 575 g/mol. The predicted molar refractivity (Wildman–Crippen MR) is 111 cm³/mol. The van der Waals surface area contributed by atoms with E-state index in [2.05, 4.69) is 0 Å². The van der Waals surface area contributed by atoms with Gasteiger partial charge in [0.15, 0.2) is 0 Å². The van der Waals surface area contributed by atoms with E-state index in [1.807, 2.05) is 0 Å². The second-order valence-electron chi connectivity index (χ2n) is 10.4. The molecule has 0 saturated heterocycles. The molecule has 17 heteroatoms. The molecule has 0 aliphatic heterocycles. The normalized spacial score (nSPS) is 24.5. The zero-order chi connectivity index (χ0) is 30.5. The number of carbonyl (C=O) groups excluding carboxylic acids is 1. The van der Waals surface area contributed by atoms with Crippen LogP contribution in [0.15, 0.2) is 0 Å². The maximum atomic E-state index is 13.5. The van der Waals surface area contributed by atoms with Crippen molar-refractivity contribution in [3.05, 3.63) is 0 Å². The Bertz CT molecular complexity index is 760. The van der Waals surface area contributed by atoms with E-state index in [9.17, 15) is 67.7 Å². The maximum absolute atomic E-state index is 13.5.